The smallest absolute Gasteiger partial charge is 0.155 e. The zero-order chi connectivity index (χ0) is 13.7. The summed E-state index contributed by atoms with van der Waals surface area (Å²) >= 11 is 0. The van der Waals surface area contributed by atoms with Crippen molar-refractivity contribution in [3.05, 3.63) is 59.5 Å². The molecule has 96 valence electrons. The molecule has 0 saturated heterocycles. The van der Waals surface area contributed by atoms with Crippen LogP contribution in [0, 0.1) is 5.82 Å². The molecule has 2 aromatic rings. The van der Waals surface area contributed by atoms with Gasteiger partial charge in [-0.1, -0.05) is 12.1 Å². The molecule has 0 aliphatic heterocycles. The number of carboxylic acid groups (broad SMARTS) is 1. The van der Waals surface area contributed by atoms with Crippen molar-refractivity contribution in [2.45, 2.75) is 0 Å². The number of aromatic nitrogens is 1. The number of nitrogens with one attached hydrogen (secondary N) is 1. The van der Waals surface area contributed by atoms with Gasteiger partial charge in [0.15, 0.2) is 5.82 Å². The number of hydrazone groups is 1. The second-order valence-corrected chi connectivity index (χ2v) is 3.61. The third kappa shape index (κ3) is 3.35. The lowest BCUT2D eigenvalue weighted by molar-refractivity contribution is -0.254. The Hall–Kier alpha value is -2.76. The Morgan fingerprint density at radius 1 is 1.32 bits per heavy atom. The van der Waals surface area contributed by atoms with Gasteiger partial charge in [-0.25, -0.2) is 9.37 Å². The minimum Gasteiger partial charge on any atom is -0.545 e. The monoisotopic (exact) mass is 258 g/mol. The van der Waals surface area contributed by atoms with Crippen LogP contribution in [0.25, 0.3) is 0 Å². The molecule has 5 nitrogen and oxygen atoms in total. The largest absolute Gasteiger partial charge is 0.545 e. The number of carboxylic acids is 1. The molecule has 1 aromatic heterocycles. The number of anilines is 1. The summed E-state index contributed by atoms with van der Waals surface area (Å²) in [5.74, 6) is -1.59. The van der Waals surface area contributed by atoms with Gasteiger partial charge in [0, 0.05) is 11.8 Å². The highest BCUT2D eigenvalue weighted by molar-refractivity contribution is 5.91. The van der Waals surface area contributed by atoms with Crippen molar-refractivity contribution < 1.29 is 14.3 Å². The van der Waals surface area contributed by atoms with Gasteiger partial charge >= 0.3 is 0 Å². The van der Waals surface area contributed by atoms with Crippen LogP contribution in [-0.4, -0.2) is 17.2 Å². The summed E-state index contributed by atoms with van der Waals surface area (Å²) in [6.45, 7) is 0. The molecular formula is C13H9FN3O2-. The molecular weight excluding hydrogens is 249 g/mol. The predicted octanol–water partition coefficient (Wildman–Crippen LogP) is 1.03. The van der Waals surface area contributed by atoms with E-state index in [2.05, 4.69) is 15.5 Å². The molecule has 0 spiro atoms. The van der Waals surface area contributed by atoms with E-state index in [1.54, 1.807) is 12.1 Å². The fourth-order valence-electron chi connectivity index (χ4n) is 1.38. The van der Waals surface area contributed by atoms with Gasteiger partial charge in [0.1, 0.15) is 5.82 Å². The van der Waals surface area contributed by atoms with Gasteiger partial charge in [-0.15, -0.1) is 0 Å². The highest BCUT2D eigenvalue weighted by Crippen LogP contribution is 2.10. The van der Waals surface area contributed by atoms with E-state index in [9.17, 15) is 14.3 Å². The molecule has 0 amide bonds. The summed E-state index contributed by atoms with van der Waals surface area (Å²) in [7, 11) is 0. The normalized spacial score (nSPS) is 10.6. The van der Waals surface area contributed by atoms with Gasteiger partial charge < -0.3 is 9.90 Å². The van der Waals surface area contributed by atoms with Crippen molar-refractivity contribution in [3.8, 4) is 0 Å². The van der Waals surface area contributed by atoms with E-state index in [1.807, 2.05) is 0 Å². The molecule has 0 fully saturated rings. The molecule has 1 aromatic carbocycles. The molecule has 0 atom stereocenters. The number of halogens is 1. The number of pyridine rings is 1. The van der Waals surface area contributed by atoms with Gasteiger partial charge in [0.25, 0.3) is 0 Å². The van der Waals surface area contributed by atoms with Crippen LogP contribution >= 0.6 is 0 Å². The Bertz CT molecular complexity index is 612. The Morgan fingerprint density at radius 3 is 2.74 bits per heavy atom. The van der Waals surface area contributed by atoms with Gasteiger partial charge in [-0.3, -0.25) is 5.43 Å². The molecule has 19 heavy (non-hydrogen) atoms. The number of hydrogen-bond acceptors (Lipinski definition) is 5. The minimum absolute atomic E-state index is 0.0841. The van der Waals surface area contributed by atoms with Crippen LogP contribution in [0.15, 0.2) is 47.7 Å². The molecule has 1 N–H and O–H groups in total. The summed E-state index contributed by atoms with van der Waals surface area (Å²) in [6, 6.07) is 8.53. The van der Waals surface area contributed by atoms with E-state index in [4.69, 9.17) is 0 Å². The standard InChI is InChI=1S/C13H10FN3O2/c14-10-5-3-9(4-6-10)8-16-17-12-11(13(18)19)2-1-7-15-12/h1-8H,(H,15,17)(H,18,19)/p-1/b16-8-. The lowest BCUT2D eigenvalue weighted by atomic mass is 10.2. The summed E-state index contributed by atoms with van der Waals surface area (Å²) in [5, 5.41) is 14.6. The number of carbonyl (C=O) groups excluding carboxylic acids is 1. The third-order valence-corrected chi connectivity index (χ3v) is 2.28. The maximum atomic E-state index is 12.7. The maximum Gasteiger partial charge on any atom is 0.155 e. The van der Waals surface area contributed by atoms with Crippen molar-refractivity contribution in [1.29, 1.82) is 0 Å². The fraction of sp³-hybridized carbons (Fsp3) is 0. The van der Waals surface area contributed by atoms with Crippen LogP contribution < -0.4 is 10.5 Å². The second-order valence-electron chi connectivity index (χ2n) is 3.61. The second kappa shape index (κ2) is 5.72. The zero-order valence-electron chi connectivity index (χ0n) is 9.71. The van der Waals surface area contributed by atoms with E-state index in [0.29, 0.717) is 5.56 Å². The SMILES string of the molecule is O=C([O-])c1cccnc1N/N=C\c1ccc(F)cc1. The average molecular weight is 258 g/mol. The zero-order valence-corrected chi connectivity index (χ0v) is 9.71. The average Bonchev–Trinajstić information content (AvgIpc) is 2.41. The van der Waals surface area contributed by atoms with Gasteiger partial charge in [0.05, 0.1) is 12.2 Å². The van der Waals surface area contributed by atoms with Crippen LogP contribution in [0.2, 0.25) is 0 Å². The number of carbonyl (C=O) groups is 1. The van der Waals surface area contributed by atoms with Gasteiger partial charge in [0.2, 0.25) is 0 Å². The quantitative estimate of drug-likeness (QED) is 0.656. The molecule has 1 heterocycles. The molecule has 6 heteroatoms. The summed E-state index contributed by atoms with van der Waals surface area (Å²) < 4.78 is 12.7. The Morgan fingerprint density at radius 2 is 2.05 bits per heavy atom. The molecule has 0 unspecified atom stereocenters. The van der Waals surface area contributed by atoms with Crippen LogP contribution in [0.3, 0.4) is 0 Å². The predicted molar refractivity (Wildman–Crippen MR) is 66.2 cm³/mol. The molecule has 0 aliphatic carbocycles. The lowest BCUT2D eigenvalue weighted by Gasteiger charge is -2.07. The highest BCUT2D eigenvalue weighted by Gasteiger charge is 2.01. The Kier molecular flexibility index (Phi) is 3.82. The van der Waals surface area contributed by atoms with E-state index >= 15 is 0 Å². The molecule has 0 radical (unpaired) electrons. The number of benzene rings is 1. The van der Waals surface area contributed by atoms with Crippen LogP contribution in [0.1, 0.15) is 15.9 Å². The summed E-state index contributed by atoms with van der Waals surface area (Å²) in [6.07, 6.45) is 2.86. The number of aromatic carboxylic acids is 1. The van der Waals surface area contributed by atoms with Crippen LogP contribution in [-0.2, 0) is 0 Å². The van der Waals surface area contributed by atoms with Gasteiger partial charge in [-0.05, 0) is 29.8 Å². The first-order chi connectivity index (χ1) is 9.16. The van der Waals surface area contributed by atoms with Gasteiger partial charge in [-0.2, -0.15) is 5.10 Å². The molecule has 2 rings (SSSR count). The summed E-state index contributed by atoms with van der Waals surface area (Å²) in [4.78, 5) is 14.6. The van der Waals surface area contributed by atoms with Crippen LogP contribution in [0.5, 0.6) is 0 Å². The number of hydrogen-bond donors (Lipinski definition) is 1. The first kappa shape index (κ1) is 12.7. The van der Waals surface area contributed by atoms with E-state index < -0.39 is 5.97 Å². The number of nitrogens with zero attached hydrogens (tertiary/aromatic N) is 2. The third-order valence-electron chi connectivity index (χ3n) is 2.28. The summed E-state index contributed by atoms with van der Waals surface area (Å²) in [5.41, 5.74) is 3.08. The lowest BCUT2D eigenvalue weighted by Crippen LogP contribution is -2.23. The fourth-order valence-corrected chi connectivity index (χ4v) is 1.38. The highest BCUT2D eigenvalue weighted by atomic mass is 19.1. The Balaban J connectivity index is 2.10. The van der Waals surface area contributed by atoms with E-state index in [0.717, 1.165) is 0 Å². The Labute approximate surface area is 108 Å². The number of rotatable bonds is 4. The molecule has 0 bridgehead atoms. The van der Waals surface area contributed by atoms with Crippen molar-refractivity contribution >= 4 is 18.0 Å². The van der Waals surface area contributed by atoms with Crippen molar-refractivity contribution in [2.24, 2.45) is 5.10 Å². The van der Waals surface area contributed by atoms with E-state index in [1.165, 1.54) is 36.7 Å². The first-order valence-electron chi connectivity index (χ1n) is 5.38. The van der Waals surface area contributed by atoms with Crippen molar-refractivity contribution in [1.82, 2.24) is 4.98 Å². The van der Waals surface area contributed by atoms with Crippen molar-refractivity contribution in [2.75, 3.05) is 5.43 Å². The minimum atomic E-state index is -1.34. The van der Waals surface area contributed by atoms with Crippen LogP contribution in [0.4, 0.5) is 10.2 Å². The maximum absolute atomic E-state index is 12.7. The molecule has 0 saturated carbocycles. The molecule has 0 aliphatic rings. The van der Waals surface area contributed by atoms with Crippen molar-refractivity contribution in [3.63, 3.8) is 0 Å². The topological polar surface area (TPSA) is 77.4 Å². The van der Waals surface area contributed by atoms with E-state index in [-0.39, 0.29) is 17.2 Å². The first-order valence-corrected chi connectivity index (χ1v) is 5.38.